The van der Waals surface area contributed by atoms with E-state index in [1.165, 1.54) is 19.4 Å². The molecule has 1 aliphatic rings. The Morgan fingerprint density at radius 1 is 1.36 bits per heavy atom. The largest absolute Gasteiger partial charge is 1.00 e. The van der Waals surface area contributed by atoms with Crippen molar-refractivity contribution in [2.24, 2.45) is 0 Å². The monoisotopic (exact) mass is 216 g/mol. The van der Waals surface area contributed by atoms with Gasteiger partial charge < -0.3 is 21.9 Å². The van der Waals surface area contributed by atoms with Gasteiger partial charge in [-0.1, -0.05) is 25.5 Å². The number of unbranched alkanes of at least 4 members (excludes halogenated alkanes) is 1. The lowest BCUT2D eigenvalue weighted by molar-refractivity contribution is -0.00000213. The molecular weight excluding hydrogens is 202 g/mol. The van der Waals surface area contributed by atoms with E-state index in [0.29, 0.717) is 0 Å². The van der Waals surface area contributed by atoms with Crippen LogP contribution in [0.3, 0.4) is 0 Å². The maximum Gasteiger partial charge on any atom is 0.0357 e. The molecule has 0 fully saturated rings. The highest BCUT2D eigenvalue weighted by Crippen LogP contribution is 2.00. The molecule has 0 bridgehead atoms. The quantitative estimate of drug-likeness (QED) is 0.596. The highest BCUT2D eigenvalue weighted by molar-refractivity contribution is 5.08. The first-order chi connectivity index (χ1) is 4.93. The van der Waals surface area contributed by atoms with E-state index in [1.54, 1.807) is 0 Å². The molecule has 0 N–H and O–H groups in total. The Kier molecular flexibility index (Phi) is 6.33. The summed E-state index contributed by atoms with van der Waals surface area (Å²) in [6.07, 6.45) is 11.1. The second kappa shape index (κ2) is 6.47. The van der Waals surface area contributed by atoms with Crippen molar-refractivity contribution < 1.29 is 17.0 Å². The minimum atomic E-state index is 0. The smallest absolute Gasteiger partial charge is 0.0357 e. The van der Waals surface area contributed by atoms with Crippen molar-refractivity contribution in [3.63, 3.8) is 0 Å². The maximum absolute atomic E-state index is 2.34. The van der Waals surface area contributed by atoms with Gasteiger partial charge in [0.15, 0.2) is 0 Å². The van der Waals surface area contributed by atoms with Crippen LogP contribution in [-0.2, 0) is 0 Å². The van der Waals surface area contributed by atoms with Crippen molar-refractivity contribution in [3.8, 4) is 0 Å². The Bertz CT molecular complexity index is 140. The summed E-state index contributed by atoms with van der Waals surface area (Å²) in [5.41, 5.74) is 0. The van der Waals surface area contributed by atoms with E-state index in [-0.39, 0.29) is 17.0 Å². The number of rotatable bonds is 3. The van der Waals surface area contributed by atoms with Gasteiger partial charge in [0.2, 0.25) is 0 Å². The van der Waals surface area contributed by atoms with Gasteiger partial charge in [0.1, 0.15) is 0 Å². The summed E-state index contributed by atoms with van der Waals surface area (Å²) >= 11 is 0. The average molecular weight is 217 g/mol. The Morgan fingerprint density at radius 3 is 2.73 bits per heavy atom. The van der Waals surface area contributed by atoms with E-state index in [9.17, 15) is 0 Å². The lowest BCUT2D eigenvalue weighted by Gasteiger charge is -2.19. The van der Waals surface area contributed by atoms with Crippen molar-refractivity contribution >= 4 is 0 Å². The average Bonchev–Trinajstić information content (AvgIpc) is 2.03. The first-order valence-corrected chi connectivity index (χ1v) is 4.01. The molecule has 0 saturated heterocycles. The predicted octanol–water partition coefficient (Wildman–Crippen LogP) is -0.824. The summed E-state index contributed by atoms with van der Waals surface area (Å²) in [6, 6.07) is 0. The molecule has 11 heavy (non-hydrogen) atoms. The second-order valence-electron chi connectivity index (χ2n) is 2.62. The Morgan fingerprint density at radius 2 is 2.18 bits per heavy atom. The van der Waals surface area contributed by atoms with Gasteiger partial charge in [-0.3, -0.25) is 0 Å². The van der Waals surface area contributed by atoms with Gasteiger partial charge in [0.25, 0.3) is 0 Å². The first-order valence-electron chi connectivity index (χ1n) is 4.01. The number of allylic oxidation sites excluding steroid dienone is 2. The molecule has 0 amide bonds. The third-order valence-electron chi connectivity index (χ3n) is 1.68. The summed E-state index contributed by atoms with van der Waals surface area (Å²) < 4.78 is 0. The summed E-state index contributed by atoms with van der Waals surface area (Å²) in [6.45, 7) is 4.53. The summed E-state index contributed by atoms with van der Waals surface area (Å²) in [5.74, 6) is 0. The van der Waals surface area contributed by atoms with E-state index in [2.05, 4.69) is 36.3 Å². The topological polar surface area (TPSA) is 3.24 Å². The fraction of sp³-hybridized carbons (Fsp3) is 0.556. The molecule has 0 saturated carbocycles. The van der Waals surface area contributed by atoms with Crippen LogP contribution >= 0.6 is 0 Å². The SMILES string of the molecule is CCCCN1C=CC=CC1.[Br-]. The highest BCUT2D eigenvalue weighted by Gasteiger charge is 1.96. The van der Waals surface area contributed by atoms with Gasteiger partial charge in [-0.05, 0) is 18.7 Å². The molecule has 0 unspecified atom stereocenters. The summed E-state index contributed by atoms with van der Waals surface area (Å²) in [4.78, 5) is 2.34. The normalized spacial score (nSPS) is 14.8. The van der Waals surface area contributed by atoms with Gasteiger partial charge in [-0.25, -0.2) is 0 Å². The van der Waals surface area contributed by atoms with Gasteiger partial charge >= 0.3 is 0 Å². The van der Waals surface area contributed by atoms with Gasteiger partial charge in [0, 0.05) is 13.1 Å². The van der Waals surface area contributed by atoms with Gasteiger partial charge in [0.05, 0.1) is 0 Å². The summed E-state index contributed by atoms with van der Waals surface area (Å²) in [5, 5.41) is 0. The maximum atomic E-state index is 2.34. The predicted molar refractivity (Wildman–Crippen MR) is 44.8 cm³/mol. The number of nitrogens with zero attached hydrogens (tertiary/aromatic N) is 1. The van der Waals surface area contributed by atoms with Crippen LogP contribution < -0.4 is 17.0 Å². The van der Waals surface area contributed by atoms with Crippen LogP contribution in [0.25, 0.3) is 0 Å². The van der Waals surface area contributed by atoms with Crippen molar-refractivity contribution in [1.29, 1.82) is 0 Å². The highest BCUT2D eigenvalue weighted by atomic mass is 79.9. The second-order valence-corrected chi connectivity index (χ2v) is 2.62. The number of halogens is 1. The lowest BCUT2D eigenvalue weighted by Crippen LogP contribution is -3.00. The van der Waals surface area contributed by atoms with E-state index in [1.807, 2.05) is 0 Å². The first kappa shape index (κ1) is 10.8. The Balaban J connectivity index is 0.000001000. The third kappa shape index (κ3) is 4.25. The minimum absolute atomic E-state index is 0. The van der Waals surface area contributed by atoms with Crippen LogP contribution in [0.15, 0.2) is 24.4 Å². The van der Waals surface area contributed by atoms with E-state index >= 15 is 0 Å². The molecule has 2 heteroatoms. The molecule has 0 aromatic heterocycles. The van der Waals surface area contributed by atoms with Crippen LogP contribution in [0.2, 0.25) is 0 Å². The van der Waals surface area contributed by atoms with Crippen molar-refractivity contribution in [3.05, 3.63) is 24.4 Å². The molecule has 0 spiro atoms. The fourth-order valence-electron chi connectivity index (χ4n) is 1.03. The lowest BCUT2D eigenvalue weighted by atomic mass is 10.3. The molecule has 1 nitrogen and oxygen atoms in total. The van der Waals surface area contributed by atoms with E-state index in [4.69, 9.17) is 0 Å². The molecule has 0 aromatic rings. The molecule has 64 valence electrons. The van der Waals surface area contributed by atoms with Crippen molar-refractivity contribution in [1.82, 2.24) is 4.90 Å². The third-order valence-corrected chi connectivity index (χ3v) is 1.68. The number of hydrogen-bond acceptors (Lipinski definition) is 1. The molecule has 1 rings (SSSR count). The van der Waals surface area contributed by atoms with E-state index < -0.39 is 0 Å². The summed E-state index contributed by atoms with van der Waals surface area (Å²) in [7, 11) is 0. The number of hydrogen-bond donors (Lipinski definition) is 0. The van der Waals surface area contributed by atoms with Crippen LogP contribution in [0, 0.1) is 0 Å². The van der Waals surface area contributed by atoms with Crippen molar-refractivity contribution in [2.75, 3.05) is 13.1 Å². The standard InChI is InChI=1S/C9H15N.BrH/c1-2-3-7-10-8-5-4-6-9-10;/h4-6,8H,2-3,7,9H2,1H3;1H/p-1. The van der Waals surface area contributed by atoms with Crippen LogP contribution in [-0.4, -0.2) is 18.0 Å². The zero-order chi connectivity index (χ0) is 7.23. The Labute approximate surface area is 79.5 Å². The molecular formula is C9H15BrN-. The van der Waals surface area contributed by atoms with Crippen LogP contribution in [0.4, 0.5) is 0 Å². The molecule has 0 atom stereocenters. The Hall–Kier alpha value is -0.240. The van der Waals surface area contributed by atoms with E-state index in [0.717, 1.165) is 6.54 Å². The van der Waals surface area contributed by atoms with Gasteiger partial charge in [-0.15, -0.1) is 0 Å². The van der Waals surface area contributed by atoms with Crippen LogP contribution in [0.1, 0.15) is 19.8 Å². The van der Waals surface area contributed by atoms with Crippen molar-refractivity contribution in [2.45, 2.75) is 19.8 Å². The molecule has 1 heterocycles. The zero-order valence-corrected chi connectivity index (χ0v) is 8.55. The zero-order valence-electron chi connectivity index (χ0n) is 6.96. The molecule has 1 aliphatic heterocycles. The minimum Gasteiger partial charge on any atom is -1.00 e. The molecule has 0 aliphatic carbocycles. The van der Waals surface area contributed by atoms with Crippen LogP contribution in [0.5, 0.6) is 0 Å². The molecule has 0 radical (unpaired) electrons. The molecule has 0 aromatic carbocycles. The van der Waals surface area contributed by atoms with Gasteiger partial charge in [-0.2, -0.15) is 0 Å². The fourth-order valence-corrected chi connectivity index (χ4v) is 1.03.